The first-order valence-electron chi connectivity index (χ1n) is 9.03. The minimum atomic E-state index is -0.0731. The van der Waals surface area contributed by atoms with Gasteiger partial charge in [0.1, 0.15) is 30.4 Å². The predicted octanol–water partition coefficient (Wildman–Crippen LogP) is 2.38. The van der Waals surface area contributed by atoms with E-state index in [4.69, 9.17) is 14.7 Å². The zero-order chi connectivity index (χ0) is 20.4. The van der Waals surface area contributed by atoms with Gasteiger partial charge < -0.3 is 14.4 Å². The first-order valence-corrected chi connectivity index (χ1v) is 9.03. The fraction of sp³-hybridized carbons (Fsp3) is 0.238. The molecule has 0 bridgehead atoms. The minimum absolute atomic E-state index is 0.0548. The summed E-state index contributed by atoms with van der Waals surface area (Å²) in [7, 11) is 3.27. The van der Waals surface area contributed by atoms with Crippen molar-refractivity contribution in [2.75, 3.05) is 14.2 Å². The van der Waals surface area contributed by atoms with Gasteiger partial charge in [-0.05, 0) is 41.0 Å². The molecule has 1 aliphatic rings. The molecule has 0 radical (unpaired) electrons. The van der Waals surface area contributed by atoms with Gasteiger partial charge in [0.05, 0.1) is 14.2 Å². The highest BCUT2D eigenvalue weighted by Crippen LogP contribution is 2.36. The Hall–Kier alpha value is -3.86. The first-order chi connectivity index (χ1) is 14.1. The van der Waals surface area contributed by atoms with Crippen LogP contribution in [-0.2, 0) is 24.4 Å². The van der Waals surface area contributed by atoms with Gasteiger partial charge in [-0.3, -0.25) is 4.79 Å². The maximum Gasteiger partial charge on any atom is 0.252 e. The van der Waals surface area contributed by atoms with Crippen molar-refractivity contribution in [2.45, 2.75) is 19.6 Å². The van der Waals surface area contributed by atoms with Gasteiger partial charge in [-0.2, -0.15) is 5.26 Å². The number of nitriles is 1. The molecule has 0 spiro atoms. The standard InChI is InChI=1S/C21H19N5O3/c1-28-17-5-6-19(29-2)18(8-17)14-3-4-15-10-25(11-16(15)7-14)21(27)12-26-13-23-20(9-22)24-26/h3-8,13H,10-12H2,1-2H3. The molecule has 8 heteroatoms. The molecule has 0 unspecified atom stereocenters. The van der Waals surface area contributed by atoms with Crippen LogP contribution in [-0.4, -0.2) is 39.8 Å². The van der Waals surface area contributed by atoms with E-state index in [0.29, 0.717) is 13.1 Å². The van der Waals surface area contributed by atoms with Gasteiger partial charge in [-0.15, -0.1) is 5.10 Å². The van der Waals surface area contributed by atoms with Crippen molar-refractivity contribution in [3.63, 3.8) is 0 Å². The quantitative estimate of drug-likeness (QED) is 0.665. The number of aromatic nitrogens is 3. The Bertz CT molecular complexity index is 1120. The van der Waals surface area contributed by atoms with Crippen LogP contribution in [0.2, 0.25) is 0 Å². The second-order valence-electron chi connectivity index (χ2n) is 6.68. The lowest BCUT2D eigenvalue weighted by atomic mass is 9.99. The highest BCUT2D eigenvalue weighted by atomic mass is 16.5. The average Bonchev–Trinajstić information content (AvgIpc) is 3.39. The van der Waals surface area contributed by atoms with Crippen molar-refractivity contribution in [1.82, 2.24) is 19.7 Å². The molecule has 0 aliphatic carbocycles. The molecular weight excluding hydrogens is 370 g/mol. The number of nitrogens with zero attached hydrogens (tertiary/aromatic N) is 5. The molecule has 146 valence electrons. The Kier molecular flexibility index (Phi) is 4.87. The number of carbonyl (C=O) groups is 1. The highest BCUT2D eigenvalue weighted by Gasteiger charge is 2.24. The molecule has 1 aliphatic heterocycles. The van der Waals surface area contributed by atoms with Gasteiger partial charge >= 0.3 is 0 Å². The van der Waals surface area contributed by atoms with Crippen LogP contribution in [0.1, 0.15) is 17.0 Å². The minimum Gasteiger partial charge on any atom is -0.497 e. The first kappa shape index (κ1) is 18.5. The molecule has 0 saturated heterocycles. The van der Waals surface area contributed by atoms with Crippen LogP contribution < -0.4 is 9.47 Å². The van der Waals surface area contributed by atoms with Gasteiger partial charge in [-0.25, -0.2) is 9.67 Å². The molecule has 0 fully saturated rings. The molecule has 2 aromatic carbocycles. The Morgan fingerprint density at radius 3 is 2.69 bits per heavy atom. The molecule has 0 N–H and O–H groups in total. The molecule has 3 aromatic rings. The summed E-state index contributed by atoms with van der Waals surface area (Å²) in [6.45, 7) is 1.12. The lowest BCUT2D eigenvalue weighted by Crippen LogP contribution is -2.29. The maximum absolute atomic E-state index is 12.6. The third kappa shape index (κ3) is 3.62. The second-order valence-corrected chi connectivity index (χ2v) is 6.68. The SMILES string of the molecule is COc1ccc(OC)c(-c2ccc3c(c2)CN(C(=O)Cn2cnc(C#N)n2)C3)c1. The Labute approximate surface area is 167 Å². The monoisotopic (exact) mass is 389 g/mol. The van der Waals surface area contributed by atoms with E-state index in [9.17, 15) is 4.79 Å². The van der Waals surface area contributed by atoms with Crippen LogP contribution in [0, 0.1) is 11.3 Å². The summed E-state index contributed by atoms with van der Waals surface area (Å²) in [5, 5.41) is 12.8. The number of methoxy groups -OCH3 is 2. The fourth-order valence-electron chi connectivity index (χ4n) is 3.44. The van der Waals surface area contributed by atoms with Gasteiger partial charge in [0.15, 0.2) is 0 Å². The normalized spacial score (nSPS) is 12.4. The molecule has 29 heavy (non-hydrogen) atoms. The molecule has 2 heterocycles. The summed E-state index contributed by atoms with van der Waals surface area (Å²) >= 11 is 0. The Balaban J connectivity index is 1.54. The summed E-state index contributed by atoms with van der Waals surface area (Å²) in [6.07, 6.45) is 1.40. The smallest absolute Gasteiger partial charge is 0.252 e. The van der Waals surface area contributed by atoms with Crippen molar-refractivity contribution in [1.29, 1.82) is 5.26 Å². The predicted molar refractivity (Wildman–Crippen MR) is 104 cm³/mol. The van der Waals surface area contributed by atoms with E-state index in [1.54, 1.807) is 19.1 Å². The number of ether oxygens (including phenoxy) is 2. The summed E-state index contributed by atoms with van der Waals surface area (Å²) in [5.74, 6) is 1.49. The van der Waals surface area contributed by atoms with Gasteiger partial charge in [0, 0.05) is 18.7 Å². The Morgan fingerprint density at radius 1 is 1.14 bits per heavy atom. The second kappa shape index (κ2) is 7.64. The summed E-state index contributed by atoms with van der Waals surface area (Å²) in [5.41, 5.74) is 4.15. The fourth-order valence-corrected chi connectivity index (χ4v) is 3.44. The number of rotatable bonds is 5. The number of hydrogen-bond acceptors (Lipinski definition) is 6. The molecular formula is C21H19N5O3. The van der Waals surface area contributed by atoms with E-state index in [2.05, 4.69) is 16.1 Å². The van der Waals surface area contributed by atoms with Crippen LogP contribution in [0.4, 0.5) is 0 Å². The summed E-state index contributed by atoms with van der Waals surface area (Å²) in [4.78, 5) is 18.2. The zero-order valence-electron chi connectivity index (χ0n) is 16.1. The zero-order valence-corrected chi connectivity index (χ0v) is 16.1. The van der Waals surface area contributed by atoms with Crippen LogP contribution in [0.15, 0.2) is 42.7 Å². The van der Waals surface area contributed by atoms with E-state index < -0.39 is 0 Å². The highest BCUT2D eigenvalue weighted by molar-refractivity contribution is 5.78. The third-order valence-corrected chi connectivity index (χ3v) is 4.93. The topological polar surface area (TPSA) is 93.3 Å². The summed E-state index contributed by atoms with van der Waals surface area (Å²) < 4.78 is 12.2. The molecule has 1 amide bonds. The Morgan fingerprint density at radius 2 is 1.97 bits per heavy atom. The van der Waals surface area contributed by atoms with Crippen molar-refractivity contribution in [3.8, 4) is 28.7 Å². The van der Waals surface area contributed by atoms with Crippen LogP contribution in [0.25, 0.3) is 11.1 Å². The van der Waals surface area contributed by atoms with Crippen LogP contribution in [0.5, 0.6) is 11.5 Å². The van der Waals surface area contributed by atoms with Crippen LogP contribution >= 0.6 is 0 Å². The largest absolute Gasteiger partial charge is 0.497 e. The molecule has 1 aromatic heterocycles. The number of hydrogen-bond donors (Lipinski definition) is 0. The van der Waals surface area contributed by atoms with E-state index in [0.717, 1.165) is 33.8 Å². The number of fused-ring (bicyclic) bond motifs is 1. The van der Waals surface area contributed by atoms with Crippen LogP contribution in [0.3, 0.4) is 0 Å². The summed E-state index contributed by atoms with van der Waals surface area (Å²) in [6, 6.07) is 13.7. The maximum atomic E-state index is 12.6. The lowest BCUT2D eigenvalue weighted by molar-refractivity contribution is -0.132. The number of carbonyl (C=O) groups excluding carboxylic acids is 1. The van der Waals surface area contributed by atoms with Crippen molar-refractivity contribution < 1.29 is 14.3 Å². The van der Waals surface area contributed by atoms with E-state index in [-0.39, 0.29) is 18.3 Å². The van der Waals surface area contributed by atoms with Crippen molar-refractivity contribution in [3.05, 3.63) is 59.7 Å². The van der Waals surface area contributed by atoms with E-state index in [1.165, 1.54) is 11.0 Å². The average molecular weight is 389 g/mol. The third-order valence-electron chi connectivity index (χ3n) is 4.93. The van der Waals surface area contributed by atoms with Crippen molar-refractivity contribution >= 4 is 5.91 Å². The van der Waals surface area contributed by atoms with Gasteiger partial charge in [0.25, 0.3) is 5.82 Å². The van der Waals surface area contributed by atoms with Crippen molar-refractivity contribution in [2.24, 2.45) is 0 Å². The van der Waals surface area contributed by atoms with E-state index in [1.807, 2.05) is 36.4 Å². The molecule has 0 saturated carbocycles. The number of amides is 1. The van der Waals surface area contributed by atoms with Gasteiger partial charge in [-0.1, -0.05) is 12.1 Å². The molecule has 0 atom stereocenters. The number of benzene rings is 2. The lowest BCUT2D eigenvalue weighted by Gasteiger charge is -2.14. The molecule has 4 rings (SSSR count). The molecule has 8 nitrogen and oxygen atoms in total. The van der Waals surface area contributed by atoms with Gasteiger partial charge in [0.2, 0.25) is 5.91 Å². The van der Waals surface area contributed by atoms with E-state index >= 15 is 0 Å².